The topological polar surface area (TPSA) is 54.0 Å². The van der Waals surface area contributed by atoms with Gasteiger partial charge in [-0.15, -0.1) is 0 Å². The number of hydrogen-bond acceptors (Lipinski definition) is 5. The summed E-state index contributed by atoms with van der Waals surface area (Å²) in [5.74, 6) is 1.14. The molecule has 5 nitrogen and oxygen atoms in total. The van der Waals surface area contributed by atoms with Gasteiger partial charge in [-0.25, -0.2) is 0 Å². The first-order valence-electron chi connectivity index (χ1n) is 7.81. The van der Waals surface area contributed by atoms with Crippen LogP contribution in [0.15, 0.2) is 48.5 Å². The quantitative estimate of drug-likeness (QED) is 0.511. The van der Waals surface area contributed by atoms with Crippen LogP contribution in [0, 0.1) is 0 Å². The minimum Gasteiger partial charge on any atom is -0.467 e. The minimum atomic E-state index is -0.0402. The molecule has 0 atom stereocenters. The molecule has 0 aromatic heterocycles. The van der Waals surface area contributed by atoms with Crippen LogP contribution in [-0.2, 0) is 14.3 Å². The van der Waals surface area contributed by atoms with Gasteiger partial charge in [-0.3, -0.25) is 4.79 Å². The van der Waals surface area contributed by atoms with E-state index >= 15 is 0 Å². The van der Waals surface area contributed by atoms with Crippen molar-refractivity contribution in [3.63, 3.8) is 0 Å². The van der Waals surface area contributed by atoms with Gasteiger partial charge >= 0.3 is 0 Å². The van der Waals surface area contributed by atoms with E-state index < -0.39 is 0 Å². The third kappa shape index (κ3) is 5.45. The van der Waals surface area contributed by atoms with E-state index in [-0.39, 0.29) is 19.4 Å². The number of rotatable bonds is 9. The summed E-state index contributed by atoms with van der Waals surface area (Å²) in [4.78, 5) is 11.4. The molecule has 0 aliphatic heterocycles. The minimum absolute atomic E-state index is 0.0402. The number of ether oxygens (including phenoxy) is 4. The average Bonchev–Trinajstić information content (AvgIpc) is 2.63. The van der Waals surface area contributed by atoms with Crippen molar-refractivity contribution in [3.05, 3.63) is 54.1 Å². The van der Waals surface area contributed by atoms with Crippen molar-refractivity contribution in [2.45, 2.75) is 6.92 Å². The smallest absolute Gasteiger partial charge is 0.188 e. The highest BCUT2D eigenvalue weighted by atomic mass is 16.7. The third-order valence-electron chi connectivity index (χ3n) is 3.34. The van der Waals surface area contributed by atoms with Gasteiger partial charge in [0.2, 0.25) is 0 Å². The first-order valence-corrected chi connectivity index (χ1v) is 7.81. The van der Waals surface area contributed by atoms with Crippen LogP contribution in [0.4, 0.5) is 0 Å². The first-order chi connectivity index (χ1) is 12.2. The van der Waals surface area contributed by atoms with Crippen molar-refractivity contribution in [2.24, 2.45) is 0 Å². The van der Waals surface area contributed by atoms with Crippen molar-refractivity contribution in [1.29, 1.82) is 0 Å². The summed E-state index contributed by atoms with van der Waals surface area (Å²) >= 11 is 0. The van der Waals surface area contributed by atoms with Gasteiger partial charge in [-0.2, -0.15) is 0 Å². The van der Waals surface area contributed by atoms with E-state index in [4.69, 9.17) is 18.9 Å². The largest absolute Gasteiger partial charge is 0.467 e. The van der Waals surface area contributed by atoms with Crippen LogP contribution in [0.1, 0.15) is 12.5 Å². The molecule has 0 unspecified atom stereocenters. The zero-order valence-corrected chi connectivity index (χ0v) is 14.7. The monoisotopic (exact) mass is 342 g/mol. The molecule has 0 heterocycles. The molecule has 0 amide bonds. The Balaban J connectivity index is 2.59. The molecule has 5 heteroatoms. The SMILES string of the molecule is COCOc1cc(C=CC(C)=O)c(-c2ccccc2)c(OCOC)c1. The lowest BCUT2D eigenvalue weighted by molar-refractivity contribution is -0.112. The molecule has 0 saturated heterocycles. The Morgan fingerprint density at radius 2 is 1.68 bits per heavy atom. The maximum Gasteiger partial charge on any atom is 0.188 e. The van der Waals surface area contributed by atoms with Crippen LogP contribution in [-0.4, -0.2) is 33.6 Å². The summed E-state index contributed by atoms with van der Waals surface area (Å²) < 4.78 is 21.3. The molecule has 0 aliphatic rings. The molecule has 0 saturated carbocycles. The molecule has 2 aromatic rings. The summed E-state index contributed by atoms with van der Waals surface area (Å²) in [6, 6.07) is 13.4. The summed E-state index contributed by atoms with van der Waals surface area (Å²) in [6.07, 6.45) is 3.27. The van der Waals surface area contributed by atoms with E-state index in [1.807, 2.05) is 36.4 Å². The number of methoxy groups -OCH3 is 2. The predicted molar refractivity (Wildman–Crippen MR) is 96.6 cm³/mol. The molecule has 0 bridgehead atoms. The van der Waals surface area contributed by atoms with Crippen LogP contribution >= 0.6 is 0 Å². The highest BCUT2D eigenvalue weighted by molar-refractivity contribution is 5.93. The van der Waals surface area contributed by atoms with E-state index in [9.17, 15) is 4.79 Å². The van der Waals surface area contributed by atoms with Gasteiger partial charge in [-0.1, -0.05) is 36.4 Å². The molecular weight excluding hydrogens is 320 g/mol. The summed E-state index contributed by atoms with van der Waals surface area (Å²) in [5.41, 5.74) is 2.64. The van der Waals surface area contributed by atoms with Gasteiger partial charge in [-0.05, 0) is 30.2 Å². The highest BCUT2D eigenvalue weighted by Crippen LogP contribution is 2.38. The number of ketones is 1. The Labute approximate surface area is 147 Å². The van der Waals surface area contributed by atoms with Crippen LogP contribution in [0.2, 0.25) is 0 Å². The van der Waals surface area contributed by atoms with Crippen molar-refractivity contribution in [2.75, 3.05) is 27.8 Å². The summed E-state index contributed by atoms with van der Waals surface area (Å²) in [6.45, 7) is 1.72. The Morgan fingerprint density at radius 1 is 1.00 bits per heavy atom. The second-order valence-electron chi connectivity index (χ2n) is 5.30. The summed E-state index contributed by atoms with van der Waals surface area (Å²) in [5, 5.41) is 0. The summed E-state index contributed by atoms with van der Waals surface area (Å²) in [7, 11) is 3.11. The third-order valence-corrected chi connectivity index (χ3v) is 3.34. The number of hydrogen-bond donors (Lipinski definition) is 0. The molecule has 0 fully saturated rings. The van der Waals surface area contributed by atoms with E-state index in [1.54, 1.807) is 26.4 Å². The van der Waals surface area contributed by atoms with Crippen molar-refractivity contribution >= 4 is 11.9 Å². The Kier molecular flexibility index (Phi) is 7.19. The van der Waals surface area contributed by atoms with Crippen molar-refractivity contribution in [3.8, 4) is 22.6 Å². The number of benzene rings is 2. The first kappa shape index (κ1) is 18.7. The second-order valence-corrected chi connectivity index (χ2v) is 5.30. The lowest BCUT2D eigenvalue weighted by Gasteiger charge is -2.16. The van der Waals surface area contributed by atoms with E-state index in [2.05, 4.69) is 0 Å². The molecule has 2 rings (SSSR count). The molecule has 0 radical (unpaired) electrons. The van der Waals surface area contributed by atoms with Gasteiger partial charge in [0, 0.05) is 25.8 Å². The zero-order chi connectivity index (χ0) is 18.1. The highest BCUT2D eigenvalue weighted by Gasteiger charge is 2.14. The number of allylic oxidation sites excluding steroid dienone is 1. The van der Waals surface area contributed by atoms with Crippen LogP contribution in [0.25, 0.3) is 17.2 Å². The van der Waals surface area contributed by atoms with Crippen molar-refractivity contribution in [1.82, 2.24) is 0 Å². The van der Waals surface area contributed by atoms with Gasteiger partial charge in [0.1, 0.15) is 11.5 Å². The lowest BCUT2D eigenvalue weighted by atomic mass is 9.97. The van der Waals surface area contributed by atoms with Gasteiger partial charge in [0.25, 0.3) is 0 Å². The van der Waals surface area contributed by atoms with Gasteiger partial charge < -0.3 is 18.9 Å². The van der Waals surface area contributed by atoms with E-state index in [0.29, 0.717) is 11.5 Å². The molecule has 0 aliphatic carbocycles. The van der Waals surface area contributed by atoms with Gasteiger partial charge in [0.05, 0.1) is 0 Å². The van der Waals surface area contributed by atoms with Crippen molar-refractivity contribution < 1.29 is 23.7 Å². The number of carbonyl (C=O) groups is 1. The van der Waals surface area contributed by atoms with Crippen LogP contribution in [0.3, 0.4) is 0 Å². The predicted octanol–water partition coefficient (Wildman–Crippen LogP) is 3.92. The maximum atomic E-state index is 11.4. The van der Waals surface area contributed by atoms with Gasteiger partial charge in [0.15, 0.2) is 19.4 Å². The lowest BCUT2D eigenvalue weighted by Crippen LogP contribution is -2.04. The fourth-order valence-corrected chi connectivity index (χ4v) is 2.31. The second kappa shape index (κ2) is 9.61. The Morgan fingerprint density at radius 3 is 2.32 bits per heavy atom. The Hall–Kier alpha value is -2.63. The fourth-order valence-electron chi connectivity index (χ4n) is 2.31. The molecular formula is C20H22O5. The molecule has 132 valence electrons. The standard InChI is InChI=1S/C20H22O5/c1-15(21)9-10-17-11-18(24-13-22-2)12-19(25-14-23-3)20(17)16-7-5-4-6-8-16/h4-12H,13-14H2,1-3H3. The Bertz CT molecular complexity index is 722. The zero-order valence-electron chi connectivity index (χ0n) is 14.7. The fraction of sp³-hybridized carbons (Fsp3) is 0.250. The van der Waals surface area contributed by atoms with E-state index in [0.717, 1.165) is 16.7 Å². The maximum absolute atomic E-state index is 11.4. The molecule has 2 aromatic carbocycles. The molecule has 25 heavy (non-hydrogen) atoms. The molecule has 0 spiro atoms. The normalized spacial score (nSPS) is 10.8. The average molecular weight is 342 g/mol. The van der Waals surface area contributed by atoms with Crippen LogP contribution < -0.4 is 9.47 Å². The number of carbonyl (C=O) groups excluding carboxylic acids is 1. The molecule has 0 N–H and O–H groups in total. The van der Waals surface area contributed by atoms with Crippen LogP contribution in [0.5, 0.6) is 11.5 Å². The van der Waals surface area contributed by atoms with E-state index in [1.165, 1.54) is 13.0 Å².